The van der Waals surface area contributed by atoms with Crippen LogP contribution in [0.1, 0.15) is 37.0 Å². The summed E-state index contributed by atoms with van der Waals surface area (Å²) in [5.41, 5.74) is 1.02. The molecule has 1 aromatic rings. The third-order valence-electron chi connectivity index (χ3n) is 4.01. The molecule has 2 rings (SSSR count). The maximum absolute atomic E-state index is 12.1. The van der Waals surface area contributed by atoms with Gasteiger partial charge in [-0.15, -0.1) is 0 Å². The summed E-state index contributed by atoms with van der Waals surface area (Å²) >= 11 is 0. The van der Waals surface area contributed by atoms with E-state index in [1.165, 1.54) is 0 Å². The van der Waals surface area contributed by atoms with Crippen molar-refractivity contribution in [1.82, 2.24) is 10.2 Å². The molecule has 0 aliphatic carbocycles. The Morgan fingerprint density at radius 2 is 1.65 bits per heavy atom. The molecule has 0 unspecified atom stereocenters. The molecular weight excluding hydrogens is 338 g/mol. The molecule has 26 heavy (non-hydrogen) atoms. The Morgan fingerprint density at radius 3 is 2.23 bits per heavy atom. The highest BCUT2D eigenvalue weighted by atomic mass is 16.6. The van der Waals surface area contributed by atoms with Gasteiger partial charge in [0.1, 0.15) is 0 Å². The van der Waals surface area contributed by atoms with E-state index in [4.69, 9.17) is 9.47 Å². The highest BCUT2D eigenvalue weighted by Gasteiger charge is 2.24. The van der Waals surface area contributed by atoms with Crippen molar-refractivity contribution < 1.29 is 23.9 Å². The summed E-state index contributed by atoms with van der Waals surface area (Å²) in [6, 6.07) is 6.18. The molecular formula is C18H25N3O5. The molecule has 142 valence electrons. The molecule has 0 saturated carbocycles. The van der Waals surface area contributed by atoms with Gasteiger partial charge in [0, 0.05) is 24.8 Å². The first-order valence-electron chi connectivity index (χ1n) is 8.79. The Labute approximate surface area is 152 Å². The number of nitrogens with one attached hydrogen (secondary N) is 2. The number of benzene rings is 1. The third kappa shape index (κ3) is 5.65. The summed E-state index contributed by atoms with van der Waals surface area (Å²) in [7, 11) is 0. The minimum atomic E-state index is -0.392. The van der Waals surface area contributed by atoms with E-state index < -0.39 is 5.97 Å². The van der Waals surface area contributed by atoms with Gasteiger partial charge >= 0.3 is 18.1 Å². The normalized spacial score (nSPS) is 14.5. The van der Waals surface area contributed by atoms with Crippen LogP contribution in [0.3, 0.4) is 0 Å². The van der Waals surface area contributed by atoms with Crippen molar-refractivity contribution in [3.63, 3.8) is 0 Å². The van der Waals surface area contributed by atoms with Crippen LogP contribution in [0, 0.1) is 0 Å². The van der Waals surface area contributed by atoms with Gasteiger partial charge in [0.25, 0.3) is 0 Å². The molecule has 0 atom stereocenters. The van der Waals surface area contributed by atoms with Crippen molar-refractivity contribution in [1.29, 1.82) is 0 Å². The molecule has 0 spiro atoms. The number of amides is 3. The smallest absolute Gasteiger partial charge is 0.409 e. The SMILES string of the molecule is CCOC(=O)c1ccc(NC(=O)NC2CCN(C(=O)OCC)CC2)cc1. The average Bonchev–Trinajstić information content (AvgIpc) is 2.63. The first-order valence-corrected chi connectivity index (χ1v) is 8.79. The molecule has 2 N–H and O–H groups in total. The Balaban J connectivity index is 1.77. The molecule has 1 saturated heterocycles. The quantitative estimate of drug-likeness (QED) is 0.784. The highest BCUT2D eigenvalue weighted by Crippen LogP contribution is 2.13. The van der Waals surface area contributed by atoms with E-state index in [0.29, 0.717) is 50.4 Å². The summed E-state index contributed by atoms with van der Waals surface area (Å²) in [6.07, 6.45) is 1.04. The van der Waals surface area contributed by atoms with Gasteiger partial charge < -0.3 is 25.0 Å². The fraction of sp³-hybridized carbons (Fsp3) is 0.500. The van der Waals surface area contributed by atoms with Crippen molar-refractivity contribution in [3.8, 4) is 0 Å². The molecule has 1 aliphatic rings. The number of esters is 1. The first kappa shape index (κ1) is 19.6. The molecule has 8 nitrogen and oxygen atoms in total. The van der Waals surface area contributed by atoms with Gasteiger partial charge in [0.15, 0.2) is 0 Å². The lowest BCUT2D eigenvalue weighted by molar-refractivity contribution is 0.0526. The lowest BCUT2D eigenvalue weighted by atomic mass is 10.1. The van der Waals surface area contributed by atoms with Crippen LogP contribution >= 0.6 is 0 Å². The standard InChI is InChI=1S/C18H25N3O5/c1-3-25-16(22)13-5-7-14(8-6-13)19-17(23)20-15-9-11-21(12-10-15)18(24)26-4-2/h5-8,15H,3-4,9-12H2,1-2H3,(H2,19,20,23). The number of ether oxygens (including phenoxy) is 2. The van der Waals surface area contributed by atoms with Crippen molar-refractivity contribution in [2.45, 2.75) is 32.7 Å². The number of rotatable bonds is 5. The zero-order valence-electron chi connectivity index (χ0n) is 15.1. The Bertz CT molecular complexity index is 624. The van der Waals surface area contributed by atoms with Gasteiger partial charge in [-0.05, 0) is 51.0 Å². The number of anilines is 1. The van der Waals surface area contributed by atoms with E-state index >= 15 is 0 Å². The van der Waals surface area contributed by atoms with Crippen LogP contribution in [0.2, 0.25) is 0 Å². The average molecular weight is 363 g/mol. The Morgan fingerprint density at radius 1 is 1.04 bits per heavy atom. The summed E-state index contributed by atoms with van der Waals surface area (Å²) < 4.78 is 9.89. The second-order valence-corrected chi connectivity index (χ2v) is 5.86. The van der Waals surface area contributed by atoms with Gasteiger partial charge in [0.2, 0.25) is 0 Å². The molecule has 3 amide bonds. The second-order valence-electron chi connectivity index (χ2n) is 5.86. The predicted octanol–water partition coefficient (Wildman–Crippen LogP) is 2.61. The third-order valence-corrected chi connectivity index (χ3v) is 4.01. The van der Waals surface area contributed by atoms with Gasteiger partial charge in [0.05, 0.1) is 18.8 Å². The van der Waals surface area contributed by atoms with Crippen molar-refractivity contribution in [3.05, 3.63) is 29.8 Å². The lowest BCUT2D eigenvalue weighted by Crippen LogP contribution is -2.47. The zero-order valence-corrected chi connectivity index (χ0v) is 15.1. The van der Waals surface area contributed by atoms with Gasteiger partial charge in [-0.2, -0.15) is 0 Å². The summed E-state index contributed by atoms with van der Waals surface area (Å²) in [5.74, 6) is -0.392. The molecule has 1 aromatic carbocycles. The molecule has 0 aromatic heterocycles. The van der Waals surface area contributed by atoms with E-state index in [1.807, 2.05) is 0 Å². The van der Waals surface area contributed by atoms with E-state index in [1.54, 1.807) is 43.0 Å². The zero-order chi connectivity index (χ0) is 18.9. The van der Waals surface area contributed by atoms with Crippen molar-refractivity contribution in [2.75, 3.05) is 31.6 Å². The summed E-state index contributed by atoms with van der Waals surface area (Å²) in [6.45, 7) is 5.30. The summed E-state index contributed by atoms with van der Waals surface area (Å²) in [4.78, 5) is 37.0. The van der Waals surface area contributed by atoms with Crippen LogP contribution in [0.15, 0.2) is 24.3 Å². The van der Waals surface area contributed by atoms with Crippen LogP contribution in [-0.2, 0) is 9.47 Å². The lowest BCUT2D eigenvalue weighted by Gasteiger charge is -2.31. The molecule has 1 fully saturated rings. The fourth-order valence-electron chi connectivity index (χ4n) is 2.68. The van der Waals surface area contributed by atoms with Crippen LogP contribution < -0.4 is 10.6 Å². The van der Waals surface area contributed by atoms with Crippen molar-refractivity contribution in [2.24, 2.45) is 0 Å². The number of hydrogen-bond donors (Lipinski definition) is 2. The number of piperidine rings is 1. The number of carbonyl (C=O) groups is 3. The van der Waals surface area contributed by atoms with Crippen molar-refractivity contribution >= 4 is 23.8 Å². The minimum absolute atomic E-state index is 0.000480. The first-order chi connectivity index (χ1) is 12.5. The van der Waals surface area contributed by atoms with E-state index in [0.717, 1.165) is 0 Å². The van der Waals surface area contributed by atoms with Crippen LogP contribution in [0.25, 0.3) is 0 Å². The Hall–Kier alpha value is -2.77. The Kier molecular flexibility index (Phi) is 7.25. The molecule has 8 heteroatoms. The molecule has 1 aliphatic heterocycles. The monoisotopic (exact) mass is 363 g/mol. The van der Waals surface area contributed by atoms with E-state index in [2.05, 4.69) is 10.6 Å². The fourth-order valence-corrected chi connectivity index (χ4v) is 2.68. The maximum atomic E-state index is 12.1. The predicted molar refractivity (Wildman–Crippen MR) is 96.2 cm³/mol. The number of urea groups is 1. The van der Waals surface area contributed by atoms with E-state index in [9.17, 15) is 14.4 Å². The van der Waals surface area contributed by atoms with Crippen LogP contribution in [0.5, 0.6) is 0 Å². The number of nitrogens with zero attached hydrogens (tertiary/aromatic N) is 1. The van der Waals surface area contributed by atoms with Crippen LogP contribution in [0.4, 0.5) is 15.3 Å². The topological polar surface area (TPSA) is 97.0 Å². The second kappa shape index (κ2) is 9.65. The van der Waals surface area contributed by atoms with Gasteiger partial charge in [-0.3, -0.25) is 0 Å². The maximum Gasteiger partial charge on any atom is 0.409 e. The largest absolute Gasteiger partial charge is 0.462 e. The van der Waals surface area contributed by atoms with Gasteiger partial charge in [-0.1, -0.05) is 0 Å². The number of carbonyl (C=O) groups excluding carboxylic acids is 3. The molecule has 0 radical (unpaired) electrons. The minimum Gasteiger partial charge on any atom is -0.462 e. The number of likely N-dealkylation sites (tertiary alicyclic amines) is 1. The molecule has 0 bridgehead atoms. The van der Waals surface area contributed by atoms with Gasteiger partial charge in [-0.25, -0.2) is 14.4 Å². The summed E-state index contributed by atoms with van der Waals surface area (Å²) in [5, 5.41) is 5.63. The highest BCUT2D eigenvalue weighted by molar-refractivity contribution is 5.92. The van der Waals surface area contributed by atoms with Crippen LogP contribution in [-0.4, -0.2) is 55.3 Å². The molecule has 1 heterocycles. The number of hydrogen-bond acceptors (Lipinski definition) is 5. The van der Waals surface area contributed by atoms with E-state index in [-0.39, 0.29) is 18.2 Å².